The van der Waals surface area contributed by atoms with Gasteiger partial charge in [-0.3, -0.25) is 5.43 Å². The first-order chi connectivity index (χ1) is 12.7. The fraction of sp³-hybridized carbons (Fsp3) is 0.0952. The molecule has 26 heavy (non-hydrogen) atoms. The van der Waals surface area contributed by atoms with Crippen LogP contribution >= 0.6 is 0 Å². The molecule has 5 nitrogen and oxygen atoms in total. The largest absolute Gasteiger partial charge is 0.378 e. The molecule has 0 saturated heterocycles. The second-order valence-corrected chi connectivity index (χ2v) is 5.89. The number of hydrogen-bond donors (Lipinski definition) is 1. The van der Waals surface area contributed by atoms with Gasteiger partial charge >= 0.3 is 0 Å². The average molecular weight is 343 g/mol. The van der Waals surface area contributed by atoms with Gasteiger partial charge in [-0.15, -0.1) is 10.2 Å². The Balaban J connectivity index is 1.83. The number of amidine groups is 1. The van der Waals surface area contributed by atoms with Crippen LogP contribution in [-0.4, -0.2) is 19.9 Å². The van der Waals surface area contributed by atoms with E-state index in [2.05, 4.69) is 20.8 Å². The lowest BCUT2D eigenvalue weighted by Gasteiger charge is -2.11. The second-order valence-electron chi connectivity index (χ2n) is 5.89. The quantitative estimate of drug-likeness (QED) is 0.295. The molecule has 3 aromatic carbocycles. The molecule has 0 bridgehead atoms. The zero-order chi connectivity index (χ0) is 18.2. The van der Waals surface area contributed by atoms with E-state index in [1.807, 2.05) is 104 Å². The summed E-state index contributed by atoms with van der Waals surface area (Å²) in [5.74, 6) is 0.520. The van der Waals surface area contributed by atoms with Crippen LogP contribution in [0.15, 0.2) is 100 Å². The minimum atomic E-state index is 0.520. The molecule has 0 aliphatic rings. The fourth-order valence-electron chi connectivity index (χ4n) is 2.28. The number of anilines is 2. The molecule has 0 unspecified atom stereocenters. The number of benzene rings is 3. The first-order valence-electron chi connectivity index (χ1n) is 8.36. The number of hydrazone groups is 1. The van der Waals surface area contributed by atoms with Crippen LogP contribution in [0.1, 0.15) is 5.56 Å². The summed E-state index contributed by atoms with van der Waals surface area (Å²) in [7, 11) is 4.01. The van der Waals surface area contributed by atoms with E-state index in [9.17, 15) is 0 Å². The van der Waals surface area contributed by atoms with Gasteiger partial charge < -0.3 is 4.90 Å². The standard InChI is InChI=1S/C21H21N5/c1-26(2)20-15-13-19(14-16-20)23-25-21(17-9-5-3-6-10-17)24-22-18-11-7-4-8-12-18/h3-16,22H,1-2H3/b24-21+,25-23?. The van der Waals surface area contributed by atoms with Gasteiger partial charge in [0.15, 0.2) is 0 Å². The maximum atomic E-state index is 4.42. The molecule has 3 rings (SSSR count). The van der Waals surface area contributed by atoms with E-state index in [0.29, 0.717) is 5.84 Å². The molecule has 130 valence electrons. The summed E-state index contributed by atoms with van der Waals surface area (Å²) in [6.45, 7) is 0. The zero-order valence-electron chi connectivity index (χ0n) is 14.9. The van der Waals surface area contributed by atoms with Gasteiger partial charge in [0.25, 0.3) is 0 Å². The normalized spacial score (nSPS) is 11.5. The minimum Gasteiger partial charge on any atom is -0.378 e. The molecule has 0 amide bonds. The van der Waals surface area contributed by atoms with Crippen molar-refractivity contribution in [3.05, 3.63) is 90.5 Å². The van der Waals surface area contributed by atoms with Gasteiger partial charge in [0.1, 0.15) is 0 Å². The van der Waals surface area contributed by atoms with Gasteiger partial charge in [-0.05, 0) is 36.4 Å². The third-order valence-electron chi connectivity index (χ3n) is 3.72. The summed E-state index contributed by atoms with van der Waals surface area (Å²) in [4.78, 5) is 2.04. The van der Waals surface area contributed by atoms with Crippen molar-refractivity contribution in [2.45, 2.75) is 0 Å². The predicted molar refractivity (Wildman–Crippen MR) is 108 cm³/mol. The first kappa shape index (κ1) is 17.4. The lowest BCUT2D eigenvalue weighted by Crippen LogP contribution is -2.07. The zero-order valence-corrected chi connectivity index (χ0v) is 14.9. The first-order valence-corrected chi connectivity index (χ1v) is 8.36. The van der Waals surface area contributed by atoms with Crippen LogP contribution in [0.4, 0.5) is 17.1 Å². The summed E-state index contributed by atoms with van der Waals surface area (Å²) in [6, 6.07) is 27.4. The summed E-state index contributed by atoms with van der Waals surface area (Å²) in [5.41, 5.74) is 6.71. The Bertz CT molecular complexity index is 869. The minimum absolute atomic E-state index is 0.520. The highest BCUT2D eigenvalue weighted by atomic mass is 15.3. The summed E-state index contributed by atoms with van der Waals surface area (Å²) in [6.07, 6.45) is 0. The Kier molecular flexibility index (Phi) is 5.72. The van der Waals surface area contributed by atoms with Crippen LogP contribution in [0.2, 0.25) is 0 Å². The van der Waals surface area contributed by atoms with Gasteiger partial charge in [0.05, 0.1) is 11.4 Å². The molecule has 0 fully saturated rings. The second kappa shape index (κ2) is 8.58. The van der Waals surface area contributed by atoms with Crippen LogP contribution in [0.5, 0.6) is 0 Å². The van der Waals surface area contributed by atoms with Crippen molar-refractivity contribution in [3.63, 3.8) is 0 Å². The van der Waals surface area contributed by atoms with Crippen molar-refractivity contribution in [2.24, 2.45) is 15.3 Å². The maximum absolute atomic E-state index is 4.42. The number of nitrogens with zero attached hydrogens (tertiary/aromatic N) is 4. The van der Waals surface area contributed by atoms with E-state index in [-0.39, 0.29) is 0 Å². The molecule has 0 heterocycles. The molecule has 1 N–H and O–H groups in total. The molecule has 0 aliphatic heterocycles. The molecule has 0 aliphatic carbocycles. The molecular weight excluding hydrogens is 322 g/mol. The van der Waals surface area contributed by atoms with E-state index in [1.165, 1.54) is 0 Å². The molecule has 0 radical (unpaired) electrons. The Morgan fingerprint density at radius 2 is 1.38 bits per heavy atom. The lowest BCUT2D eigenvalue weighted by atomic mass is 10.2. The van der Waals surface area contributed by atoms with Crippen LogP contribution in [0.25, 0.3) is 0 Å². The number of nitrogens with one attached hydrogen (secondary N) is 1. The van der Waals surface area contributed by atoms with Gasteiger partial charge in [-0.2, -0.15) is 5.10 Å². The topological polar surface area (TPSA) is 52.4 Å². The lowest BCUT2D eigenvalue weighted by molar-refractivity contribution is 1.13. The highest BCUT2D eigenvalue weighted by molar-refractivity contribution is 5.99. The van der Waals surface area contributed by atoms with Gasteiger partial charge in [0, 0.05) is 25.3 Å². The average Bonchev–Trinajstić information content (AvgIpc) is 2.70. The van der Waals surface area contributed by atoms with E-state index in [1.54, 1.807) is 0 Å². The third-order valence-corrected chi connectivity index (χ3v) is 3.72. The Hall–Kier alpha value is -3.47. The van der Waals surface area contributed by atoms with Crippen LogP contribution in [-0.2, 0) is 0 Å². The number of azo groups is 1. The Labute approximate surface area is 153 Å². The smallest absolute Gasteiger partial charge is 0.201 e. The SMILES string of the molecule is CN(C)c1ccc(N=N/C(=N/Nc2ccccc2)c2ccccc2)cc1. The number of rotatable bonds is 5. The van der Waals surface area contributed by atoms with Gasteiger partial charge in [-0.25, -0.2) is 0 Å². The maximum Gasteiger partial charge on any atom is 0.201 e. The fourth-order valence-corrected chi connectivity index (χ4v) is 2.28. The summed E-state index contributed by atoms with van der Waals surface area (Å²) >= 11 is 0. The molecule has 0 saturated carbocycles. The van der Waals surface area contributed by atoms with Crippen LogP contribution in [0.3, 0.4) is 0 Å². The molecule has 3 aromatic rings. The molecule has 0 spiro atoms. The predicted octanol–water partition coefficient (Wildman–Crippen LogP) is 5.31. The highest BCUT2D eigenvalue weighted by Crippen LogP contribution is 2.19. The van der Waals surface area contributed by atoms with Crippen LogP contribution in [0, 0.1) is 0 Å². The summed E-state index contributed by atoms with van der Waals surface area (Å²) < 4.78 is 0. The number of para-hydroxylation sites is 1. The molecule has 0 aromatic heterocycles. The van der Waals surface area contributed by atoms with E-state index in [0.717, 1.165) is 22.6 Å². The highest BCUT2D eigenvalue weighted by Gasteiger charge is 2.02. The van der Waals surface area contributed by atoms with E-state index in [4.69, 9.17) is 0 Å². The van der Waals surface area contributed by atoms with E-state index < -0.39 is 0 Å². The monoisotopic (exact) mass is 343 g/mol. The van der Waals surface area contributed by atoms with Gasteiger partial charge in [-0.1, -0.05) is 48.5 Å². The van der Waals surface area contributed by atoms with Crippen molar-refractivity contribution in [3.8, 4) is 0 Å². The van der Waals surface area contributed by atoms with Crippen molar-refractivity contribution >= 4 is 22.9 Å². The number of hydrogen-bond acceptors (Lipinski definition) is 4. The van der Waals surface area contributed by atoms with Crippen molar-refractivity contribution in [1.29, 1.82) is 0 Å². The van der Waals surface area contributed by atoms with Crippen molar-refractivity contribution in [2.75, 3.05) is 24.4 Å². The van der Waals surface area contributed by atoms with Gasteiger partial charge in [0.2, 0.25) is 5.84 Å². The van der Waals surface area contributed by atoms with Crippen LogP contribution < -0.4 is 10.3 Å². The van der Waals surface area contributed by atoms with Crippen molar-refractivity contribution in [1.82, 2.24) is 0 Å². The molecular formula is C21H21N5. The van der Waals surface area contributed by atoms with Crippen molar-refractivity contribution < 1.29 is 0 Å². The summed E-state index contributed by atoms with van der Waals surface area (Å²) in [5, 5.41) is 13.1. The van der Waals surface area contributed by atoms with E-state index >= 15 is 0 Å². The Morgan fingerprint density at radius 1 is 0.769 bits per heavy atom. The third kappa shape index (κ3) is 4.77. The molecule has 5 heteroatoms. The Morgan fingerprint density at radius 3 is 2.00 bits per heavy atom. The molecule has 0 atom stereocenters.